The standard InChI is InChI=1S/C22H19N5O3/c1-13-7-6-10-15(11-13)23-16(14-8-4-3-5-9-14)12-17-20(28)25-19-18(24-17)21(29)26-22(30)27(19)2/h3-11H,12H2,1-2H3,(H,25,28)(H,26,29,30). The Hall–Kier alpha value is -4.07. The number of aliphatic imine (C=N–C) groups is 1. The van der Waals surface area contributed by atoms with Gasteiger partial charge in [0, 0.05) is 13.5 Å². The number of H-pyrrole nitrogens is 2. The molecule has 4 aromatic rings. The molecule has 2 N–H and O–H groups in total. The van der Waals surface area contributed by atoms with Gasteiger partial charge in [-0.3, -0.25) is 24.1 Å². The van der Waals surface area contributed by atoms with Crippen LogP contribution in [0.25, 0.3) is 11.2 Å². The molecule has 0 amide bonds. The quantitative estimate of drug-likeness (QED) is 0.509. The summed E-state index contributed by atoms with van der Waals surface area (Å²) in [6.07, 6.45) is 0.117. The first-order valence-corrected chi connectivity index (χ1v) is 9.34. The van der Waals surface area contributed by atoms with Crippen molar-refractivity contribution in [3.63, 3.8) is 0 Å². The van der Waals surface area contributed by atoms with Crippen molar-refractivity contribution in [2.75, 3.05) is 0 Å². The summed E-state index contributed by atoms with van der Waals surface area (Å²) in [4.78, 5) is 50.5. The van der Waals surface area contributed by atoms with Crippen molar-refractivity contribution in [1.29, 1.82) is 0 Å². The van der Waals surface area contributed by atoms with Crippen LogP contribution in [0, 0.1) is 6.92 Å². The highest BCUT2D eigenvalue weighted by molar-refractivity contribution is 6.03. The average molecular weight is 401 g/mol. The molecule has 150 valence electrons. The summed E-state index contributed by atoms with van der Waals surface area (Å²) in [5, 5.41) is 0. The highest BCUT2D eigenvalue weighted by Gasteiger charge is 2.14. The van der Waals surface area contributed by atoms with Crippen LogP contribution in [0.2, 0.25) is 0 Å². The number of aryl methyl sites for hydroxylation is 2. The topological polar surface area (TPSA) is 113 Å². The van der Waals surface area contributed by atoms with E-state index >= 15 is 0 Å². The zero-order chi connectivity index (χ0) is 21.3. The number of aromatic nitrogens is 4. The fourth-order valence-electron chi connectivity index (χ4n) is 3.19. The van der Waals surface area contributed by atoms with E-state index in [1.807, 2.05) is 61.5 Å². The molecule has 0 aliphatic carbocycles. The molecule has 0 fully saturated rings. The molecule has 0 unspecified atom stereocenters. The van der Waals surface area contributed by atoms with Gasteiger partial charge in [-0.05, 0) is 30.2 Å². The van der Waals surface area contributed by atoms with Crippen molar-refractivity contribution in [3.8, 4) is 0 Å². The third-order valence-electron chi connectivity index (χ3n) is 4.75. The van der Waals surface area contributed by atoms with Gasteiger partial charge in [0.05, 0.1) is 11.4 Å². The first-order chi connectivity index (χ1) is 14.4. The van der Waals surface area contributed by atoms with E-state index in [2.05, 4.69) is 15.0 Å². The summed E-state index contributed by atoms with van der Waals surface area (Å²) >= 11 is 0. The van der Waals surface area contributed by atoms with Crippen molar-refractivity contribution in [1.82, 2.24) is 19.5 Å². The predicted octanol–water partition coefficient (Wildman–Crippen LogP) is 1.98. The second kappa shape index (κ2) is 7.75. The lowest BCUT2D eigenvalue weighted by Gasteiger charge is -2.09. The molecule has 2 aromatic carbocycles. The highest BCUT2D eigenvalue weighted by Crippen LogP contribution is 2.17. The zero-order valence-corrected chi connectivity index (χ0v) is 16.5. The Bertz CT molecular complexity index is 1450. The Morgan fingerprint density at radius 3 is 2.50 bits per heavy atom. The van der Waals surface area contributed by atoms with E-state index in [4.69, 9.17) is 4.99 Å². The van der Waals surface area contributed by atoms with Crippen LogP contribution in [-0.4, -0.2) is 25.2 Å². The molecule has 0 aliphatic heterocycles. The summed E-state index contributed by atoms with van der Waals surface area (Å²) in [5.41, 5.74) is 1.77. The van der Waals surface area contributed by atoms with Crippen molar-refractivity contribution < 1.29 is 0 Å². The molecule has 2 aromatic heterocycles. The Kier molecular flexibility index (Phi) is 4.97. The van der Waals surface area contributed by atoms with Crippen molar-refractivity contribution in [3.05, 3.63) is 103 Å². The molecule has 8 heteroatoms. The monoisotopic (exact) mass is 401 g/mol. The molecule has 30 heavy (non-hydrogen) atoms. The molecule has 4 rings (SSSR count). The van der Waals surface area contributed by atoms with Crippen LogP contribution in [0.4, 0.5) is 5.69 Å². The fraction of sp³-hybridized carbons (Fsp3) is 0.136. The summed E-state index contributed by atoms with van der Waals surface area (Å²) in [6.45, 7) is 1.98. The maximum absolute atomic E-state index is 12.7. The maximum atomic E-state index is 12.7. The number of aromatic amines is 2. The minimum Gasteiger partial charge on any atom is -0.305 e. The lowest BCUT2D eigenvalue weighted by molar-refractivity contribution is 0.817. The predicted molar refractivity (Wildman–Crippen MR) is 116 cm³/mol. The molecule has 8 nitrogen and oxygen atoms in total. The Morgan fingerprint density at radius 2 is 1.77 bits per heavy atom. The second-order valence-electron chi connectivity index (χ2n) is 6.97. The van der Waals surface area contributed by atoms with Crippen molar-refractivity contribution in [2.24, 2.45) is 12.0 Å². The molecular formula is C22H19N5O3. The fourth-order valence-corrected chi connectivity index (χ4v) is 3.19. The number of rotatable bonds is 4. The van der Waals surface area contributed by atoms with E-state index in [-0.39, 0.29) is 23.3 Å². The molecule has 0 aliphatic rings. The minimum absolute atomic E-state index is 0.00494. The van der Waals surface area contributed by atoms with Gasteiger partial charge in [0.25, 0.3) is 11.1 Å². The lowest BCUT2D eigenvalue weighted by Crippen LogP contribution is -2.32. The highest BCUT2D eigenvalue weighted by atomic mass is 16.2. The number of benzene rings is 2. The first kappa shape index (κ1) is 19.3. The molecule has 0 atom stereocenters. The minimum atomic E-state index is -0.650. The van der Waals surface area contributed by atoms with Crippen LogP contribution < -0.4 is 16.8 Å². The van der Waals surface area contributed by atoms with Crippen LogP contribution in [-0.2, 0) is 13.5 Å². The van der Waals surface area contributed by atoms with Gasteiger partial charge < -0.3 is 4.98 Å². The number of hydrogen-bond donors (Lipinski definition) is 2. The Balaban J connectivity index is 1.87. The Morgan fingerprint density at radius 1 is 1.00 bits per heavy atom. The van der Waals surface area contributed by atoms with Gasteiger partial charge in [0.2, 0.25) is 0 Å². The van der Waals surface area contributed by atoms with Crippen LogP contribution >= 0.6 is 0 Å². The Labute approximate surface area is 170 Å². The van der Waals surface area contributed by atoms with Gasteiger partial charge in [-0.15, -0.1) is 0 Å². The largest absolute Gasteiger partial charge is 0.329 e. The molecule has 0 spiro atoms. The third-order valence-corrected chi connectivity index (χ3v) is 4.75. The molecule has 2 heterocycles. The van der Waals surface area contributed by atoms with Crippen LogP contribution in [0.3, 0.4) is 0 Å². The van der Waals surface area contributed by atoms with Gasteiger partial charge >= 0.3 is 5.69 Å². The SMILES string of the molecule is Cc1cccc(N=C(Cc2nc3c(=O)[nH]c(=O)n(C)c3[nH]c2=O)c2ccccc2)c1. The number of hydrogen-bond acceptors (Lipinski definition) is 5. The molecule has 0 bridgehead atoms. The summed E-state index contributed by atoms with van der Waals surface area (Å²) < 4.78 is 1.15. The van der Waals surface area contributed by atoms with E-state index in [9.17, 15) is 14.4 Å². The first-order valence-electron chi connectivity index (χ1n) is 9.34. The van der Waals surface area contributed by atoms with Crippen LogP contribution in [0.1, 0.15) is 16.8 Å². The molecule has 0 saturated heterocycles. The van der Waals surface area contributed by atoms with Crippen LogP contribution in [0.5, 0.6) is 0 Å². The number of nitrogens with one attached hydrogen (secondary N) is 2. The summed E-state index contributed by atoms with van der Waals surface area (Å²) in [6, 6.07) is 17.2. The van der Waals surface area contributed by atoms with Gasteiger partial charge in [-0.25, -0.2) is 9.78 Å². The van der Waals surface area contributed by atoms with Crippen LogP contribution in [0.15, 0.2) is 74.0 Å². The summed E-state index contributed by atoms with van der Waals surface area (Å²) in [7, 11) is 1.45. The van der Waals surface area contributed by atoms with E-state index in [1.54, 1.807) is 0 Å². The third kappa shape index (κ3) is 3.75. The van der Waals surface area contributed by atoms with E-state index in [0.717, 1.165) is 21.4 Å². The zero-order valence-electron chi connectivity index (χ0n) is 16.5. The lowest BCUT2D eigenvalue weighted by atomic mass is 10.1. The summed E-state index contributed by atoms with van der Waals surface area (Å²) in [5.74, 6) is 0. The van der Waals surface area contributed by atoms with E-state index in [0.29, 0.717) is 5.71 Å². The second-order valence-corrected chi connectivity index (χ2v) is 6.97. The molecule has 0 radical (unpaired) electrons. The van der Waals surface area contributed by atoms with Crippen molar-refractivity contribution >= 4 is 22.6 Å². The normalized spacial score (nSPS) is 11.7. The maximum Gasteiger partial charge on any atom is 0.329 e. The van der Waals surface area contributed by atoms with Gasteiger partial charge in [0.1, 0.15) is 11.3 Å². The van der Waals surface area contributed by atoms with Crippen molar-refractivity contribution in [2.45, 2.75) is 13.3 Å². The van der Waals surface area contributed by atoms with E-state index < -0.39 is 16.8 Å². The smallest absolute Gasteiger partial charge is 0.305 e. The molecule has 0 saturated carbocycles. The van der Waals surface area contributed by atoms with Gasteiger partial charge in [-0.1, -0.05) is 42.5 Å². The average Bonchev–Trinajstić information content (AvgIpc) is 2.73. The number of nitrogens with zero attached hydrogens (tertiary/aromatic N) is 3. The van der Waals surface area contributed by atoms with Gasteiger partial charge in [0.15, 0.2) is 5.52 Å². The van der Waals surface area contributed by atoms with Gasteiger partial charge in [-0.2, -0.15) is 0 Å². The van der Waals surface area contributed by atoms with E-state index in [1.165, 1.54) is 7.05 Å². The molecular weight excluding hydrogens is 382 g/mol. The number of fused-ring (bicyclic) bond motifs is 1.